The molecule has 8 nitrogen and oxygen atoms in total. The summed E-state index contributed by atoms with van der Waals surface area (Å²) in [5.74, 6) is -1.22. The lowest BCUT2D eigenvalue weighted by Gasteiger charge is -2.10. The quantitative estimate of drug-likeness (QED) is 0.422. The van der Waals surface area contributed by atoms with E-state index in [9.17, 15) is 19.7 Å². The standard InChI is InChI=1S/C20H22N2O6/c1-13(2)27-11-15-5-7-16(8-6-15)20(24)28-12-19(23)21-18-10-17(22(25)26)9-4-14(18)3/h4-10,13H,11-12H2,1-3H3,(H,21,23). The molecule has 0 spiro atoms. The van der Waals surface area contributed by atoms with Gasteiger partial charge in [-0.2, -0.15) is 0 Å². The van der Waals surface area contributed by atoms with E-state index in [0.29, 0.717) is 23.4 Å². The van der Waals surface area contributed by atoms with Crippen LogP contribution in [0.5, 0.6) is 0 Å². The zero-order chi connectivity index (χ0) is 20.7. The van der Waals surface area contributed by atoms with Crippen LogP contribution in [-0.4, -0.2) is 29.5 Å². The molecule has 0 aliphatic heterocycles. The number of anilines is 1. The van der Waals surface area contributed by atoms with Crippen molar-refractivity contribution in [3.05, 3.63) is 69.3 Å². The fourth-order valence-electron chi connectivity index (χ4n) is 2.26. The van der Waals surface area contributed by atoms with E-state index in [1.54, 1.807) is 31.2 Å². The third kappa shape index (κ3) is 6.17. The Morgan fingerprint density at radius 3 is 2.43 bits per heavy atom. The number of hydrogen-bond acceptors (Lipinski definition) is 6. The van der Waals surface area contributed by atoms with Crippen molar-refractivity contribution in [1.29, 1.82) is 0 Å². The summed E-state index contributed by atoms with van der Waals surface area (Å²) < 4.78 is 10.5. The lowest BCUT2D eigenvalue weighted by Crippen LogP contribution is -2.21. The van der Waals surface area contributed by atoms with Crippen LogP contribution in [0, 0.1) is 17.0 Å². The summed E-state index contributed by atoms with van der Waals surface area (Å²) in [5.41, 5.74) is 2.05. The summed E-state index contributed by atoms with van der Waals surface area (Å²) in [4.78, 5) is 34.4. The third-order valence-electron chi connectivity index (χ3n) is 3.81. The zero-order valence-electron chi connectivity index (χ0n) is 15.9. The first-order valence-electron chi connectivity index (χ1n) is 8.69. The van der Waals surface area contributed by atoms with Gasteiger partial charge in [-0.15, -0.1) is 0 Å². The summed E-state index contributed by atoms with van der Waals surface area (Å²) >= 11 is 0. The molecule has 0 aliphatic rings. The highest BCUT2D eigenvalue weighted by atomic mass is 16.6. The lowest BCUT2D eigenvalue weighted by atomic mass is 10.1. The van der Waals surface area contributed by atoms with Crippen LogP contribution in [0.2, 0.25) is 0 Å². The molecule has 1 amide bonds. The number of benzene rings is 2. The Morgan fingerprint density at radius 2 is 1.82 bits per heavy atom. The maximum absolute atomic E-state index is 12.1. The van der Waals surface area contributed by atoms with Crippen molar-refractivity contribution in [1.82, 2.24) is 0 Å². The van der Waals surface area contributed by atoms with Gasteiger partial charge in [-0.05, 0) is 44.0 Å². The van der Waals surface area contributed by atoms with Gasteiger partial charge in [0.05, 0.1) is 28.9 Å². The Morgan fingerprint density at radius 1 is 1.14 bits per heavy atom. The molecule has 0 aliphatic carbocycles. The fraction of sp³-hybridized carbons (Fsp3) is 0.300. The molecule has 0 radical (unpaired) electrons. The Kier molecular flexibility index (Phi) is 7.22. The molecule has 8 heteroatoms. The van der Waals surface area contributed by atoms with Crippen LogP contribution >= 0.6 is 0 Å². The second-order valence-corrected chi connectivity index (χ2v) is 6.44. The van der Waals surface area contributed by atoms with E-state index in [-0.39, 0.29) is 11.8 Å². The van der Waals surface area contributed by atoms with Crippen LogP contribution in [0.4, 0.5) is 11.4 Å². The van der Waals surface area contributed by atoms with Gasteiger partial charge in [0.2, 0.25) is 0 Å². The van der Waals surface area contributed by atoms with Gasteiger partial charge in [-0.1, -0.05) is 18.2 Å². The second kappa shape index (κ2) is 9.61. The molecule has 0 atom stereocenters. The Hall–Kier alpha value is -3.26. The van der Waals surface area contributed by atoms with Gasteiger partial charge in [-0.3, -0.25) is 14.9 Å². The zero-order valence-corrected chi connectivity index (χ0v) is 15.9. The van der Waals surface area contributed by atoms with E-state index in [2.05, 4.69) is 5.32 Å². The van der Waals surface area contributed by atoms with Crippen LogP contribution in [0.15, 0.2) is 42.5 Å². The van der Waals surface area contributed by atoms with E-state index >= 15 is 0 Å². The molecule has 0 aromatic heterocycles. The van der Waals surface area contributed by atoms with Gasteiger partial charge in [0, 0.05) is 12.1 Å². The minimum absolute atomic E-state index is 0.109. The van der Waals surface area contributed by atoms with E-state index in [1.165, 1.54) is 18.2 Å². The molecule has 2 aromatic rings. The maximum Gasteiger partial charge on any atom is 0.338 e. The number of nitrogens with one attached hydrogen (secondary N) is 1. The molecule has 0 saturated heterocycles. The number of rotatable bonds is 8. The fourth-order valence-corrected chi connectivity index (χ4v) is 2.26. The highest BCUT2D eigenvalue weighted by molar-refractivity contribution is 5.96. The molecule has 2 aromatic carbocycles. The Bertz CT molecular complexity index is 861. The summed E-state index contributed by atoms with van der Waals surface area (Å²) in [6.45, 7) is 5.52. The molecule has 0 saturated carbocycles. The van der Waals surface area contributed by atoms with Crippen molar-refractivity contribution >= 4 is 23.3 Å². The average molecular weight is 386 g/mol. The number of ether oxygens (including phenoxy) is 2. The predicted octanol–water partition coefficient (Wildman–Crippen LogP) is 3.62. The Balaban J connectivity index is 1.89. The van der Waals surface area contributed by atoms with E-state index in [4.69, 9.17) is 9.47 Å². The summed E-state index contributed by atoms with van der Waals surface area (Å²) in [6.07, 6.45) is 0.109. The number of carbonyl (C=O) groups excluding carboxylic acids is 2. The van der Waals surface area contributed by atoms with Gasteiger partial charge in [0.1, 0.15) is 0 Å². The van der Waals surface area contributed by atoms with Crippen LogP contribution < -0.4 is 5.32 Å². The maximum atomic E-state index is 12.1. The topological polar surface area (TPSA) is 108 Å². The second-order valence-electron chi connectivity index (χ2n) is 6.44. The van der Waals surface area contributed by atoms with Gasteiger partial charge in [0.15, 0.2) is 6.61 Å². The van der Waals surface area contributed by atoms with Crippen molar-refractivity contribution < 1.29 is 24.0 Å². The smallest absolute Gasteiger partial charge is 0.338 e. The van der Waals surface area contributed by atoms with Crippen LogP contribution in [-0.2, 0) is 20.9 Å². The normalized spacial score (nSPS) is 10.6. The molecule has 0 fully saturated rings. The number of nitrogens with zero attached hydrogens (tertiary/aromatic N) is 1. The van der Waals surface area contributed by atoms with E-state index in [1.807, 2.05) is 13.8 Å². The van der Waals surface area contributed by atoms with Crippen molar-refractivity contribution in [2.75, 3.05) is 11.9 Å². The number of carbonyl (C=O) groups is 2. The summed E-state index contributed by atoms with van der Waals surface area (Å²) in [6, 6.07) is 10.9. The largest absolute Gasteiger partial charge is 0.452 e. The average Bonchev–Trinajstić information content (AvgIpc) is 2.66. The highest BCUT2D eigenvalue weighted by Crippen LogP contribution is 2.21. The minimum atomic E-state index is -0.637. The number of esters is 1. The number of nitro groups is 1. The first-order valence-corrected chi connectivity index (χ1v) is 8.69. The van der Waals surface area contributed by atoms with Crippen molar-refractivity contribution in [2.45, 2.75) is 33.5 Å². The molecule has 1 N–H and O–H groups in total. The minimum Gasteiger partial charge on any atom is -0.452 e. The molecular formula is C20H22N2O6. The monoisotopic (exact) mass is 386 g/mol. The van der Waals surface area contributed by atoms with Gasteiger partial charge in [-0.25, -0.2) is 4.79 Å². The van der Waals surface area contributed by atoms with Gasteiger partial charge >= 0.3 is 5.97 Å². The SMILES string of the molecule is Cc1ccc([N+](=O)[O-])cc1NC(=O)COC(=O)c1ccc(COC(C)C)cc1. The molecule has 2 rings (SSSR count). The predicted molar refractivity (Wildman–Crippen MR) is 103 cm³/mol. The lowest BCUT2D eigenvalue weighted by molar-refractivity contribution is -0.384. The first-order chi connectivity index (χ1) is 13.3. The van der Waals surface area contributed by atoms with E-state index in [0.717, 1.165) is 5.56 Å². The molecule has 0 unspecified atom stereocenters. The van der Waals surface area contributed by atoms with E-state index < -0.39 is 23.4 Å². The number of hydrogen-bond donors (Lipinski definition) is 1. The van der Waals surface area contributed by atoms with Gasteiger partial charge in [0.25, 0.3) is 11.6 Å². The van der Waals surface area contributed by atoms with Crippen molar-refractivity contribution in [2.24, 2.45) is 0 Å². The number of aryl methyl sites for hydroxylation is 1. The molecule has 28 heavy (non-hydrogen) atoms. The highest BCUT2D eigenvalue weighted by Gasteiger charge is 2.14. The van der Waals surface area contributed by atoms with Crippen LogP contribution in [0.3, 0.4) is 0 Å². The van der Waals surface area contributed by atoms with Crippen molar-refractivity contribution in [3.63, 3.8) is 0 Å². The molecule has 0 bridgehead atoms. The van der Waals surface area contributed by atoms with Crippen LogP contribution in [0.25, 0.3) is 0 Å². The molecule has 148 valence electrons. The van der Waals surface area contributed by atoms with Gasteiger partial charge < -0.3 is 14.8 Å². The third-order valence-corrected chi connectivity index (χ3v) is 3.81. The Labute approximate surface area is 162 Å². The summed E-state index contributed by atoms with van der Waals surface area (Å²) in [5, 5.41) is 13.3. The van der Waals surface area contributed by atoms with Crippen molar-refractivity contribution in [3.8, 4) is 0 Å². The number of non-ortho nitro benzene ring substituents is 1. The number of amides is 1. The van der Waals surface area contributed by atoms with Crippen LogP contribution in [0.1, 0.15) is 35.3 Å². The first kappa shape index (κ1) is 21.0. The number of nitro benzene ring substituents is 1. The molecule has 0 heterocycles. The molecular weight excluding hydrogens is 364 g/mol. The summed E-state index contributed by atoms with van der Waals surface area (Å²) in [7, 11) is 0.